The Hall–Kier alpha value is -1.88. The number of nitrogens with two attached hydrogens (primary N) is 1. The van der Waals surface area contributed by atoms with Crippen molar-refractivity contribution < 1.29 is 0 Å². The van der Waals surface area contributed by atoms with Crippen molar-refractivity contribution in [1.82, 2.24) is 15.0 Å². The summed E-state index contributed by atoms with van der Waals surface area (Å²) in [6.45, 7) is 0. The Kier molecular flexibility index (Phi) is 1.72. The van der Waals surface area contributed by atoms with Gasteiger partial charge in [0, 0.05) is 0 Å². The highest BCUT2D eigenvalue weighted by molar-refractivity contribution is 7.13. The summed E-state index contributed by atoms with van der Waals surface area (Å²) in [6, 6.07) is 5.85. The van der Waals surface area contributed by atoms with Crippen LogP contribution in [0.4, 0.5) is 5.69 Å². The third-order valence-corrected chi connectivity index (χ3v) is 2.99. The molecule has 0 amide bonds. The topological polar surface area (TPSA) is 67.6 Å². The van der Waals surface area contributed by atoms with Gasteiger partial charge in [-0.25, -0.2) is 9.97 Å². The summed E-state index contributed by atoms with van der Waals surface area (Å²) >= 11 is 1.64. The summed E-state index contributed by atoms with van der Waals surface area (Å²) < 4.78 is 0. The van der Waals surface area contributed by atoms with E-state index in [0.29, 0.717) is 11.3 Å². The Morgan fingerprint density at radius 1 is 1.40 bits per heavy atom. The van der Waals surface area contributed by atoms with Gasteiger partial charge in [-0.1, -0.05) is 6.07 Å². The Morgan fingerprint density at radius 3 is 3.13 bits per heavy atom. The van der Waals surface area contributed by atoms with Crippen LogP contribution in [0, 0.1) is 0 Å². The number of hydrogen-bond donors (Lipinski definition) is 2. The molecule has 3 aromatic rings. The zero-order valence-electron chi connectivity index (χ0n) is 7.77. The second kappa shape index (κ2) is 3.06. The molecule has 5 heteroatoms. The monoisotopic (exact) mass is 216 g/mol. The average molecular weight is 216 g/mol. The number of nitrogens with one attached hydrogen (secondary N) is 1. The largest absolute Gasteiger partial charge is 0.397 e. The molecular formula is C10H8N4S. The minimum absolute atomic E-state index is 0.642. The van der Waals surface area contributed by atoms with E-state index < -0.39 is 0 Å². The van der Waals surface area contributed by atoms with E-state index >= 15 is 0 Å². The van der Waals surface area contributed by atoms with Crippen molar-refractivity contribution >= 4 is 28.2 Å². The van der Waals surface area contributed by atoms with Crippen molar-refractivity contribution in [3.05, 3.63) is 29.8 Å². The Morgan fingerprint density at radius 2 is 2.33 bits per heavy atom. The maximum absolute atomic E-state index is 5.64. The number of aromatic nitrogens is 3. The van der Waals surface area contributed by atoms with Gasteiger partial charge in [0.15, 0.2) is 5.65 Å². The first-order chi connectivity index (χ1) is 7.33. The highest BCUT2D eigenvalue weighted by Gasteiger charge is 2.06. The van der Waals surface area contributed by atoms with Crippen molar-refractivity contribution in [2.75, 3.05) is 5.73 Å². The maximum atomic E-state index is 5.64. The minimum atomic E-state index is 0.642. The molecule has 0 saturated heterocycles. The fourth-order valence-corrected chi connectivity index (χ4v) is 2.12. The fraction of sp³-hybridized carbons (Fsp3) is 0. The van der Waals surface area contributed by atoms with Gasteiger partial charge in [-0.15, -0.1) is 11.3 Å². The van der Waals surface area contributed by atoms with Crippen LogP contribution in [-0.2, 0) is 0 Å². The molecule has 0 spiro atoms. The summed E-state index contributed by atoms with van der Waals surface area (Å²) in [4.78, 5) is 12.8. The third-order valence-electron chi connectivity index (χ3n) is 2.11. The molecule has 3 heterocycles. The van der Waals surface area contributed by atoms with Crippen molar-refractivity contribution in [3.63, 3.8) is 0 Å². The number of H-pyrrole nitrogens is 1. The Balaban J connectivity index is 2.22. The van der Waals surface area contributed by atoms with E-state index in [1.165, 1.54) is 0 Å². The molecule has 0 fully saturated rings. The number of pyridine rings is 1. The standard InChI is InChI=1S/C10H8N4S/c11-6-4-7-9(12-5-6)14-10(13-7)8-2-1-3-15-8/h1-5H,11H2,(H,12,13,14). The number of thiophene rings is 1. The second-order valence-corrected chi connectivity index (χ2v) is 4.15. The van der Waals surface area contributed by atoms with Crippen LogP contribution < -0.4 is 5.73 Å². The van der Waals surface area contributed by atoms with Gasteiger partial charge < -0.3 is 10.7 Å². The number of nitrogens with zero attached hydrogens (tertiary/aromatic N) is 2. The first-order valence-corrected chi connectivity index (χ1v) is 5.36. The van der Waals surface area contributed by atoms with Gasteiger partial charge in [0.25, 0.3) is 0 Å². The smallest absolute Gasteiger partial charge is 0.178 e. The van der Waals surface area contributed by atoms with Gasteiger partial charge in [-0.05, 0) is 17.5 Å². The summed E-state index contributed by atoms with van der Waals surface area (Å²) in [5, 5.41) is 2.02. The summed E-state index contributed by atoms with van der Waals surface area (Å²) in [5.41, 5.74) is 7.86. The summed E-state index contributed by atoms with van der Waals surface area (Å²) in [5.74, 6) is 0.845. The van der Waals surface area contributed by atoms with Gasteiger partial charge in [-0.2, -0.15) is 0 Å². The van der Waals surface area contributed by atoms with Crippen LogP contribution in [0.3, 0.4) is 0 Å². The summed E-state index contributed by atoms with van der Waals surface area (Å²) in [7, 11) is 0. The quantitative estimate of drug-likeness (QED) is 0.655. The SMILES string of the molecule is Nc1cnc2nc(-c3cccs3)[nH]c2c1. The molecule has 3 N–H and O–H groups in total. The lowest BCUT2D eigenvalue weighted by Crippen LogP contribution is -1.85. The molecule has 0 aliphatic heterocycles. The molecule has 0 unspecified atom stereocenters. The van der Waals surface area contributed by atoms with Gasteiger partial charge in [0.05, 0.1) is 22.3 Å². The van der Waals surface area contributed by atoms with E-state index in [1.54, 1.807) is 17.5 Å². The molecule has 3 aromatic heterocycles. The molecular weight excluding hydrogens is 208 g/mol. The van der Waals surface area contributed by atoms with E-state index in [0.717, 1.165) is 16.2 Å². The van der Waals surface area contributed by atoms with Crippen LogP contribution in [-0.4, -0.2) is 15.0 Å². The Bertz CT molecular complexity index is 597. The first kappa shape index (κ1) is 8.43. The maximum Gasteiger partial charge on any atom is 0.178 e. The van der Waals surface area contributed by atoms with E-state index in [-0.39, 0.29) is 0 Å². The average Bonchev–Trinajstić information content (AvgIpc) is 2.84. The molecule has 0 radical (unpaired) electrons. The molecule has 0 saturated carbocycles. The van der Waals surface area contributed by atoms with Crippen LogP contribution in [0.25, 0.3) is 21.9 Å². The molecule has 74 valence electrons. The highest BCUT2D eigenvalue weighted by atomic mass is 32.1. The predicted octanol–water partition coefficient (Wildman–Crippen LogP) is 2.27. The zero-order valence-corrected chi connectivity index (χ0v) is 8.58. The van der Waals surface area contributed by atoms with Crippen LogP contribution in [0.15, 0.2) is 29.8 Å². The molecule has 15 heavy (non-hydrogen) atoms. The van der Waals surface area contributed by atoms with Gasteiger partial charge in [0.1, 0.15) is 5.82 Å². The number of hydrogen-bond acceptors (Lipinski definition) is 4. The van der Waals surface area contributed by atoms with E-state index in [9.17, 15) is 0 Å². The van der Waals surface area contributed by atoms with Crippen LogP contribution in [0.1, 0.15) is 0 Å². The first-order valence-electron chi connectivity index (χ1n) is 4.48. The van der Waals surface area contributed by atoms with Crippen molar-refractivity contribution in [1.29, 1.82) is 0 Å². The lowest BCUT2D eigenvalue weighted by Gasteiger charge is -1.89. The zero-order chi connectivity index (χ0) is 10.3. The van der Waals surface area contributed by atoms with Crippen molar-refractivity contribution in [2.24, 2.45) is 0 Å². The number of fused-ring (bicyclic) bond motifs is 1. The van der Waals surface area contributed by atoms with Gasteiger partial charge in [0.2, 0.25) is 0 Å². The Labute approximate surface area is 89.8 Å². The lowest BCUT2D eigenvalue weighted by atomic mass is 10.4. The highest BCUT2D eigenvalue weighted by Crippen LogP contribution is 2.24. The number of nitrogen functional groups attached to an aromatic ring is 1. The molecule has 0 aliphatic rings. The molecule has 0 bridgehead atoms. The number of imidazole rings is 1. The normalized spacial score (nSPS) is 10.9. The van der Waals surface area contributed by atoms with Crippen molar-refractivity contribution in [3.8, 4) is 10.7 Å². The van der Waals surface area contributed by atoms with Crippen LogP contribution >= 0.6 is 11.3 Å². The predicted molar refractivity (Wildman–Crippen MR) is 61.6 cm³/mol. The number of rotatable bonds is 1. The molecule has 3 rings (SSSR count). The molecule has 0 atom stereocenters. The molecule has 4 nitrogen and oxygen atoms in total. The van der Waals surface area contributed by atoms with Crippen LogP contribution in [0.5, 0.6) is 0 Å². The van der Waals surface area contributed by atoms with E-state index in [4.69, 9.17) is 5.73 Å². The minimum Gasteiger partial charge on any atom is -0.397 e. The van der Waals surface area contributed by atoms with Crippen molar-refractivity contribution in [2.45, 2.75) is 0 Å². The summed E-state index contributed by atoms with van der Waals surface area (Å²) in [6.07, 6.45) is 1.61. The van der Waals surface area contributed by atoms with Crippen LogP contribution in [0.2, 0.25) is 0 Å². The number of aromatic amines is 1. The second-order valence-electron chi connectivity index (χ2n) is 3.20. The van der Waals surface area contributed by atoms with E-state index in [1.807, 2.05) is 23.6 Å². The number of anilines is 1. The van der Waals surface area contributed by atoms with E-state index in [2.05, 4.69) is 15.0 Å². The van der Waals surface area contributed by atoms with Gasteiger partial charge in [-0.3, -0.25) is 0 Å². The lowest BCUT2D eigenvalue weighted by molar-refractivity contribution is 1.31. The fourth-order valence-electron chi connectivity index (χ4n) is 1.45. The molecule has 0 aliphatic carbocycles. The third kappa shape index (κ3) is 1.37. The van der Waals surface area contributed by atoms with Gasteiger partial charge >= 0.3 is 0 Å². The molecule has 0 aromatic carbocycles.